The number of likely N-dealkylation sites (tertiary alicyclic amines) is 2. The highest BCUT2D eigenvalue weighted by Crippen LogP contribution is 2.41. The van der Waals surface area contributed by atoms with Crippen LogP contribution in [-0.2, 0) is 4.74 Å². The number of aryl methyl sites for hydroxylation is 2. The fourth-order valence-electron chi connectivity index (χ4n) is 5.11. The van der Waals surface area contributed by atoms with Gasteiger partial charge in [-0.15, -0.1) is 0 Å². The number of hydrogen-bond donors (Lipinski definition) is 1. The second-order valence-electron chi connectivity index (χ2n) is 9.73. The molecule has 0 saturated carbocycles. The number of amides is 3. The number of nitrogens with zero attached hydrogens (tertiary/aromatic N) is 3. The van der Waals surface area contributed by atoms with E-state index in [1.54, 1.807) is 9.80 Å². The summed E-state index contributed by atoms with van der Waals surface area (Å²) in [5.41, 5.74) is 2.57. The van der Waals surface area contributed by atoms with Crippen LogP contribution in [0, 0.1) is 29.4 Å². The number of ether oxygens (including phenoxy) is 1. The van der Waals surface area contributed by atoms with Crippen LogP contribution >= 0.6 is 0 Å². The molecule has 36 heavy (non-hydrogen) atoms. The van der Waals surface area contributed by atoms with Gasteiger partial charge in [-0.2, -0.15) is 0 Å². The number of urea groups is 1. The highest BCUT2D eigenvalue weighted by Gasteiger charge is 2.43. The Hall–Kier alpha value is -3.95. The van der Waals surface area contributed by atoms with Crippen LogP contribution in [0.5, 0.6) is 0 Å². The van der Waals surface area contributed by atoms with Crippen molar-refractivity contribution in [3.05, 3.63) is 68.8 Å². The Morgan fingerprint density at radius 2 is 1.61 bits per heavy atom. The molecule has 2 aliphatic rings. The maximum Gasteiger partial charge on any atom is 0.338 e. The van der Waals surface area contributed by atoms with Gasteiger partial charge in [0.1, 0.15) is 0 Å². The number of nitro benzene ring substituents is 1. The highest BCUT2D eigenvalue weighted by atomic mass is 16.6. The van der Waals surface area contributed by atoms with E-state index in [9.17, 15) is 24.5 Å². The standard InChI is InChI=1S/C26H30N4O6/c1-17-4-5-22(18(2)12-17)27-25(33)28-9-6-26(7-10-28)8-11-29(16-26)23(31)19-13-20(24(32)36-3)15-21(14-19)30(34)35/h4-5,12-15H,6-11,16H2,1-3H3,(H,27,33). The summed E-state index contributed by atoms with van der Waals surface area (Å²) in [5.74, 6) is -1.09. The zero-order chi connectivity index (χ0) is 26.0. The number of piperidine rings is 1. The molecule has 0 unspecified atom stereocenters. The summed E-state index contributed by atoms with van der Waals surface area (Å²) in [5, 5.41) is 14.3. The molecule has 2 saturated heterocycles. The Bertz CT molecular complexity index is 1220. The first-order chi connectivity index (χ1) is 17.1. The predicted octanol–water partition coefficient (Wildman–Crippen LogP) is 4.16. The molecule has 0 atom stereocenters. The van der Waals surface area contributed by atoms with Crippen molar-refractivity contribution in [3.63, 3.8) is 0 Å². The largest absolute Gasteiger partial charge is 0.465 e. The minimum absolute atomic E-state index is 0.0351. The molecule has 2 aromatic carbocycles. The molecule has 2 heterocycles. The van der Waals surface area contributed by atoms with Gasteiger partial charge in [-0.3, -0.25) is 14.9 Å². The van der Waals surface area contributed by atoms with Gasteiger partial charge < -0.3 is 19.9 Å². The Morgan fingerprint density at radius 1 is 0.972 bits per heavy atom. The number of rotatable bonds is 4. The van der Waals surface area contributed by atoms with Crippen LogP contribution in [0.1, 0.15) is 51.1 Å². The Balaban J connectivity index is 1.40. The minimum atomic E-state index is -0.739. The van der Waals surface area contributed by atoms with E-state index in [0.717, 1.165) is 42.1 Å². The van der Waals surface area contributed by atoms with Crippen LogP contribution in [0.4, 0.5) is 16.2 Å². The normalized spacial score (nSPS) is 16.6. The summed E-state index contributed by atoms with van der Waals surface area (Å²) in [6, 6.07) is 9.41. The molecule has 0 aromatic heterocycles. The molecule has 190 valence electrons. The van der Waals surface area contributed by atoms with Crippen LogP contribution in [0.15, 0.2) is 36.4 Å². The maximum absolute atomic E-state index is 13.2. The van der Waals surface area contributed by atoms with Crippen LogP contribution in [0.2, 0.25) is 0 Å². The van der Waals surface area contributed by atoms with Gasteiger partial charge in [-0.05, 0) is 56.2 Å². The van der Waals surface area contributed by atoms with Crippen molar-refractivity contribution < 1.29 is 24.0 Å². The Morgan fingerprint density at radius 3 is 2.22 bits per heavy atom. The second-order valence-corrected chi connectivity index (χ2v) is 9.73. The van der Waals surface area contributed by atoms with Crippen LogP contribution in [0.25, 0.3) is 0 Å². The Labute approximate surface area is 209 Å². The Kier molecular flexibility index (Phi) is 6.96. The number of hydrogen-bond acceptors (Lipinski definition) is 6. The molecule has 10 nitrogen and oxygen atoms in total. The predicted molar refractivity (Wildman–Crippen MR) is 133 cm³/mol. The monoisotopic (exact) mass is 494 g/mol. The average Bonchev–Trinajstić information content (AvgIpc) is 3.28. The lowest BCUT2D eigenvalue weighted by atomic mass is 9.78. The number of esters is 1. The van der Waals surface area contributed by atoms with E-state index < -0.39 is 10.9 Å². The first-order valence-corrected chi connectivity index (χ1v) is 11.9. The van der Waals surface area contributed by atoms with Crippen molar-refractivity contribution >= 4 is 29.3 Å². The summed E-state index contributed by atoms with van der Waals surface area (Å²) in [4.78, 5) is 52.2. The SMILES string of the molecule is COC(=O)c1cc(C(=O)N2CCC3(CCN(C(=O)Nc4ccc(C)cc4C)CC3)C2)cc([N+](=O)[O-])c1. The van der Waals surface area contributed by atoms with Crippen LogP contribution in [0.3, 0.4) is 0 Å². The van der Waals surface area contributed by atoms with Gasteiger partial charge in [0.2, 0.25) is 0 Å². The molecule has 0 aliphatic carbocycles. The lowest BCUT2D eigenvalue weighted by molar-refractivity contribution is -0.384. The maximum atomic E-state index is 13.2. The van der Waals surface area contributed by atoms with Crippen LogP contribution < -0.4 is 5.32 Å². The number of anilines is 1. The van der Waals surface area contributed by atoms with Crippen molar-refractivity contribution in [1.82, 2.24) is 9.80 Å². The first-order valence-electron chi connectivity index (χ1n) is 11.9. The van der Waals surface area contributed by atoms with Gasteiger partial charge in [0, 0.05) is 49.6 Å². The summed E-state index contributed by atoms with van der Waals surface area (Å²) < 4.78 is 4.68. The van der Waals surface area contributed by atoms with Gasteiger partial charge in [-0.1, -0.05) is 17.7 Å². The number of nitrogens with one attached hydrogen (secondary N) is 1. The van der Waals surface area contributed by atoms with Crippen molar-refractivity contribution in [2.24, 2.45) is 5.41 Å². The van der Waals surface area contributed by atoms with Gasteiger partial charge >= 0.3 is 12.0 Å². The third-order valence-corrected chi connectivity index (χ3v) is 7.26. The van der Waals surface area contributed by atoms with Crippen LogP contribution in [-0.4, -0.2) is 65.9 Å². The molecular formula is C26H30N4O6. The smallest absolute Gasteiger partial charge is 0.338 e. The molecule has 0 radical (unpaired) electrons. The van der Waals surface area contributed by atoms with Crippen molar-refractivity contribution in [3.8, 4) is 0 Å². The van der Waals surface area contributed by atoms with Gasteiger partial charge in [0.15, 0.2) is 0 Å². The van der Waals surface area contributed by atoms with Crippen molar-refractivity contribution in [2.75, 3.05) is 38.6 Å². The fourth-order valence-corrected chi connectivity index (χ4v) is 5.11. The number of carbonyl (C=O) groups excluding carboxylic acids is 3. The topological polar surface area (TPSA) is 122 Å². The minimum Gasteiger partial charge on any atom is -0.465 e. The summed E-state index contributed by atoms with van der Waals surface area (Å²) in [6.45, 7) is 6.17. The van der Waals surface area contributed by atoms with E-state index in [0.29, 0.717) is 26.2 Å². The summed E-state index contributed by atoms with van der Waals surface area (Å²) in [6.07, 6.45) is 2.32. The molecule has 1 spiro atoms. The second kappa shape index (κ2) is 9.96. The number of non-ortho nitro benzene ring substituents is 1. The van der Waals surface area contributed by atoms with E-state index in [-0.39, 0.29) is 34.2 Å². The van der Waals surface area contributed by atoms with E-state index in [1.165, 1.54) is 19.2 Å². The zero-order valence-electron chi connectivity index (χ0n) is 20.7. The first kappa shape index (κ1) is 25.2. The summed E-state index contributed by atoms with van der Waals surface area (Å²) >= 11 is 0. The molecule has 2 aliphatic heterocycles. The highest BCUT2D eigenvalue weighted by molar-refractivity contribution is 5.99. The van der Waals surface area contributed by atoms with E-state index in [2.05, 4.69) is 10.1 Å². The number of nitro groups is 1. The van der Waals surface area contributed by atoms with Crippen molar-refractivity contribution in [1.29, 1.82) is 0 Å². The van der Waals surface area contributed by atoms with E-state index >= 15 is 0 Å². The number of methoxy groups -OCH3 is 1. The van der Waals surface area contributed by atoms with Gasteiger partial charge in [0.25, 0.3) is 11.6 Å². The number of benzene rings is 2. The van der Waals surface area contributed by atoms with E-state index in [1.807, 2.05) is 32.0 Å². The molecule has 0 bridgehead atoms. The van der Waals surface area contributed by atoms with Gasteiger partial charge in [-0.25, -0.2) is 9.59 Å². The summed E-state index contributed by atoms with van der Waals surface area (Å²) in [7, 11) is 1.18. The third-order valence-electron chi connectivity index (χ3n) is 7.26. The molecule has 2 fully saturated rings. The average molecular weight is 495 g/mol. The fraction of sp³-hybridized carbons (Fsp3) is 0.423. The van der Waals surface area contributed by atoms with Gasteiger partial charge in [0.05, 0.1) is 17.6 Å². The molecule has 1 N–H and O–H groups in total. The molecule has 3 amide bonds. The molecule has 2 aromatic rings. The number of carbonyl (C=O) groups is 3. The zero-order valence-corrected chi connectivity index (χ0v) is 20.7. The molecular weight excluding hydrogens is 464 g/mol. The van der Waals surface area contributed by atoms with E-state index in [4.69, 9.17) is 0 Å². The molecule has 10 heteroatoms. The molecule has 4 rings (SSSR count). The quantitative estimate of drug-likeness (QED) is 0.387. The third kappa shape index (κ3) is 5.17. The lowest BCUT2D eigenvalue weighted by Crippen LogP contribution is -2.46. The van der Waals surface area contributed by atoms with Crippen molar-refractivity contribution in [2.45, 2.75) is 33.1 Å². The lowest BCUT2D eigenvalue weighted by Gasteiger charge is -2.39.